The molecule has 3 aromatic rings. The van der Waals surface area contributed by atoms with Crippen LogP contribution < -0.4 is 10.5 Å². The Balaban J connectivity index is 0.00000134. The summed E-state index contributed by atoms with van der Waals surface area (Å²) < 4.78 is 20.2. The summed E-state index contributed by atoms with van der Waals surface area (Å²) in [6.07, 6.45) is 8.69. The number of ether oxygens (including phenoxy) is 1. The van der Waals surface area contributed by atoms with E-state index in [1.54, 1.807) is 36.7 Å². The van der Waals surface area contributed by atoms with Gasteiger partial charge in [-0.15, -0.1) is 6.58 Å². The Hall–Kier alpha value is -3.95. The first kappa shape index (κ1) is 29.6. The largest absolute Gasteiger partial charge is 0.488 e. The Morgan fingerprint density at radius 1 is 1.23 bits per heavy atom. The number of anilines is 1. The Bertz CT molecular complexity index is 1360. The molecule has 0 saturated carbocycles. The maximum atomic E-state index is 13.8. The number of nitrogens with zero attached hydrogens (tertiary/aromatic N) is 3. The van der Waals surface area contributed by atoms with Gasteiger partial charge < -0.3 is 10.5 Å². The van der Waals surface area contributed by atoms with Crippen molar-refractivity contribution in [2.75, 3.05) is 18.8 Å². The second-order valence-electron chi connectivity index (χ2n) is 10.1. The zero-order chi connectivity index (χ0) is 28.4. The average molecular weight is 527 g/mol. The SMILES string of the molecule is C/C=C(\C)CN1CCc2c(N)c(C(C)Cc3cccc(F)c3)cc(OCc3cncc(C#N)c3)c2C1.C=CC. The third-order valence-corrected chi connectivity index (χ3v) is 6.89. The van der Waals surface area contributed by atoms with Crippen LogP contribution in [0.5, 0.6) is 5.75 Å². The van der Waals surface area contributed by atoms with Gasteiger partial charge in [0.05, 0.1) is 5.56 Å². The molecule has 2 aromatic carbocycles. The molecule has 6 heteroatoms. The van der Waals surface area contributed by atoms with Crippen molar-refractivity contribution in [1.29, 1.82) is 5.26 Å². The first-order valence-corrected chi connectivity index (χ1v) is 13.4. The highest BCUT2D eigenvalue weighted by molar-refractivity contribution is 5.64. The summed E-state index contributed by atoms with van der Waals surface area (Å²) in [6, 6.07) is 12.7. The average Bonchev–Trinajstić information content (AvgIpc) is 2.93. The van der Waals surface area contributed by atoms with Crippen molar-refractivity contribution in [3.05, 3.63) is 112 Å². The second kappa shape index (κ2) is 14.3. The molecular formula is C33H39FN4O. The molecule has 0 radical (unpaired) electrons. The normalized spacial score (nSPS) is 13.9. The molecular weight excluding hydrogens is 487 g/mol. The summed E-state index contributed by atoms with van der Waals surface area (Å²) in [7, 11) is 0. The van der Waals surface area contributed by atoms with Crippen molar-refractivity contribution in [3.63, 3.8) is 0 Å². The fraction of sp³-hybridized carbons (Fsp3) is 0.333. The molecule has 1 aromatic heterocycles. The number of hydrogen-bond acceptors (Lipinski definition) is 5. The van der Waals surface area contributed by atoms with Gasteiger partial charge in [-0.2, -0.15) is 5.26 Å². The van der Waals surface area contributed by atoms with Crippen LogP contribution in [0.15, 0.2) is 73.1 Å². The number of nitriles is 1. The van der Waals surface area contributed by atoms with Crippen molar-refractivity contribution >= 4 is 5.69 Å². The van der Waals surface area contributed by atoms with E-state index in [0.29, 0.717) is 18.6 Å². The van der Waals surface area contributed by atoms with E-state index in [9.17, 15) is 9.65 Å². The number of hydrogen-bond donors (Lipinski definition) is 1. The van der Waals surface area contributed by atoms with Gasteiger partial charge in [0.2, 0.25) is 0 Å². The predicted molar refractivity (Wildman–Crippen MR) is 157 cm³/mol. The van der Waals surface area contributed by atoms with E-state index in [1.807, 2.05) is 13.0 Å². The summed E-state index contributed by atoms with van der Waals surface area (Å²) in [5.41, 5.74) is 14.5. The van der Waals surface area contributed by atoms with Gasteiger partial charge in [0.15, 0.2) is 0 Å². The minimum atomic E-state index is -0.230. The Morgan fingerprint density at radius 2 is 2.00 bits per heavy atom. The summed E-state index contributed by atoms with van der Waals surface area (Å²) in [5.74, 6) is 0.670. The first-order valence-electron chi connectivity index (χ1n) is 13.4. The summed E-state index contributed by atoms with van der Waals surface area (Å²) in [6.45, 7) is 14.5. The molecule has 0 fully saturated rings. The summed E-state index contributed by atoms with van der Waals surface area (Å²) in [5, 5.41) is 9.21. The van der Waals surface area contributed by atoms with Crippen molar-refractivity contribution in [2.45, 2.75) is 59.6 Å². The van der Waals surface area contributed by atoms with Crippen LogP contribution in [0, 0.1) is 17.1 Å². The molecule has 0 saturated heterocycles. The van der Waals surface area contributed by atoms with Gasteiger partial charge in [-0.1, -0.05) is 36.8 Å². The van der Waals surface area contributed by atoms with Crippen LogP contribution in [0.1, 0.15) is 67.0 Å². The van der Waals surface area contributed by atoms with E-state index >= 15 is 0 Å². The third kappa shape index (κ3) is 8.02. The Morgan fingerprint density at radius 3 is 2.69 bits per heavy atom. The lowest BCUT2D eigenvalue weighted by Crippen LogP contribution is -2.33. The van der Waals surface area contributed by atoms with Gasteiger partial charge in [0, 0.05) is 48.8 Å². The van der Waals surface area contributed by atoms with Crippen LogP contribution in [0.2, 0.25) is 0 Å². The zero-order valence-electron chi connectivity index (χ0n) is 23.5. The van der Waals surface area contributed by atoms with Gasteiger partial charge >= 0.3 is 0 Å². The fourth-order valence-electron chi connectivity index (χ4n) is 4.85. The number of halogens is 1. The molecule has 2 heterocycles. The highest BCUT2D eigenvalue weighted by Gasteiger charge is 2.26. The number of allylic oxidation sites excluding steroid dienone is 2. The number of benzene rings is 2. The molecule has 39 heavy (non-hydrogen) atoms. The monoisotopic (exact) mass is 526 g/mol. The molecule has 204 valence electrons. The topological polar surface area (TPSA) is 75.2 Å². The summed E-state index contributed by atoms with van der Waals surface area (Å²) in [4.78, 5) is 6.57. The van der Waals surface area contributed by atoms with Crippen LogP contribution in [0.4, 0.5) is 10.1 Å². The lowest BCUT2D eigenvalue weighted by atomic mass is 9.86. The molecule has 0 spiro atoms. The zero-order valence-corrected chi connectivity index (χ0v) is 23.5. The standard InChI is InChI=1S/C30H33FN4O.C3H6/c1-4-20(2)17-35-9-8-26-28(18-35)29(36-19-24-11-23(14-32)15-34-16-24)13-27(30(26)33)21(3)10-22-6-5-7-25(31)12-22;1-3-2/h4-7,11-13,15-16,21H,8-10,17-19,33H2,1-3H3;3H,1H2,2H3/b20-4+;. The molecule has 0 amide bonds. The molecule has 1 atom stereocenters. The molecule has 4 rings (SSSR count). The fourth-order valence-corrected chi connectivity index (χ4v) is 4.85. The minimum absolute atomic E-state index is 0.0892. The summed E-state index contributed by atoms with van der Waals surface area (Å²) >= 11 is 0. The second-order valence-corrected chi connectivity index (χ2v) is 10.1. The lowest BCUT2D eigenvalue weighted by Gasteiger charge is -2.32. The first-order chi connectivity index (χ1) is 18.8. The van der Waals surface area contributed by atoms with Crippen LogP contribution in [0.3, 0.4) is 0 Å². The van der Waals surface area contributed by atoms with E-state index in [2.05, 4.69) is 55.4 Å². The van der Waals surface area contributed by atoms with E-state index in [0.717, 1.165) is 65.3 Å². The smallest absolute Gasteiger partial charge is 0.125 e. The third-order valence-electron chi connectivity index (χ3n) is 6.89. The Labute approximate surface area is 232 Å². The predicted octanol–water partition coefficient (Wildman–Crippen LogP) is 7.12. The van der Waals surface area contributed by atoms with Crippen LogP contribution >= 0.6 is 0 Å². The molecule has 0 aliphatic carbocycles. The molecule has 1 aliphatic rings. The van der Waals surface area contributed by atoms with Crippen molar-refractivity contribution < 1.29 is 9.13 Å². The maximum Gasteiger partial charge on any atom is 0.125 e. The Kier molecular flexibility index (Phi) is 10.8. The molecule has 1 aliphatic heterocycles. The van der Waals surface area contributed by atoms with E-state index in [4.69, 9.17) is 10.5 Å². The van der Waals surface area contributed by atoms with Gasteiger partial charge in [0.25, 0.3) is 0 Å². The quantitative estimate of drug-likeness (QED) is 0.250. The molecule has 0 bridgehead atoms. The van der Waals surface area contributed by atoms with E-state index < -0.39 is 0 Å². The highest BCUT2D eigenvalue weighted by atomic mass is 19.1. The highest BCUT2D eigenvalue weighted by Crippen LogP contribution is 2.39. The number of nitrogens with two attached hydrogens (primary N) is 1. The number of fused-ring (bicyclic) bond motifs is 1. The van der Waals surface area contributed by atoms with Crippen LogP contribution in [0.25, 0.3) is 0 Å². The number of nitrogen functional groups attached to an aromatic ring is 1. The van der Waals surface area contributed by atoms with E-state index in [-0.39, 0.29) is 11.7 Å². The van der Waals surface area contributed by atoms with Crippen LogP contribution in [-0.2, 0) is 26.0 Å². The minimum Gasteiger partial charge on any atom is -0.488 e. The van der Waals surface area contributed by atoms with E-state index in [1.165, 1.54) is 11.6 Å². The molecule has 2 N–H and O–H groups in total. The lowest BCUT2D eigenvalue weighted by molar-refractivity contribution is 0.255. The number of aromatic nitrogens is 1. The number of pyridine rings is 1. The van der Waals surface area contributed by atoms with Crippen molar-refractivity contribution in [3.8, 4) is 11.8 Å². The van der Waals surface area contributed by atoms with Crippen LogP contribution in [-0.4, -0.2) is 23.0 Å². The van der Waals surface area contributed by atoms with Gasteiger partial charge in [-0.05, 0) is 80.5 Å². The van der Waals surface area contributed by atoms with Crippen molar-refractivity contribution in [1.82, 2.24) is 9.88 Å². The van der Waals surface area contributed by atoms with Crippen molar-refractivity contribution in [2.24, 2.45) is 0 Å². The number of rotatable bonds is 8. The molecule has 1 unspecified atom stereocenters. The molecule has 5 nitrogen and oxygen atoms in total. The van der Waals surface area contributed by atoms with Gasteiger partial charge in [0.1, 0.15) is 24.2 Å². The maximum absolute atomic E-state index is 13.8. The van der Waals surface area contributed by atoms with Gasteiger partial charge in [-0.3, -0.25) is 9.88 Å². The van der Waals surface area contributed by atoms with Gasteiger partial charge in [-0.25, -0.2) is 4.39 Å².